The first-order chi connectivity index (χ1) is 15.5. The summed E-state index contributed by atoms with van der Waals surface area (Å²) in [5.41, 5.74) is 7.11. The highest BCUT2D eigenvalue weighted by Crippen LogP contribution is 2.28. The second-order valence-electron chi connectivity index (χ2n) is 8.70. The molecule has 3 aromatic carbocycles. The van der Waals surface area contributed by atoms with Gasteiger partial charge in [-0.25, -0.2) is 4.79 Å². The maximum absolute atomic E-state index is 12.6. The van der Waals surface area contributed by atoms with Crippen LogP contribution in [0.15, 0.2) is 72.8 Å². The average Bonchev–Trinajstić information content (AvgIpc) is 2.79. The minimum Gasteiger partial charge on any atom is -0.378 e. The van der Waals surface area contributed by atoms with Crippen molar-refractivity contribution in [1.82, 2.24) is 10.2 Å². The van der Waals surface area contributed by atoms with Crippen LogP contribution in [0.25, 0.3) is 0 Å². The van der Waals surface area contributed by atoms with Crippen molar-refractivity contribution < 1.29 is 4.79 Å². The largest absolute Gasteiger partial charge is 0.378 e. The normalized spacial score (nSPS) is 14.3. The Kier molecular flexibility index (Phi) is 6.76. The van der Waals surface area contributed by atoms with Crippen LogP contribution < -0.4 is 15.5 Å². The summed E-state index contributed by atoms with van der Waals surface area (Å²) in [7, 11) is 4.09. The number of hydrogen-bond donors (Lipinski definition) is 2. The molecule has 0 fully saturated rings. The first-order valence-electron chi connectivity index (χ1n) is 11.2. The minimum absolute atomic E-state index is 0.0998. The Labute approximate surface area is 191 Å². The molecule has 166 valence electrons. The fourth-order valence-electron chi connectivity index (χ4n) is 4.32. The van der Waals surface area contributed by atoms with Crippen LogP contribution in [0.1, 0.15) is 28.3 Å². The van der Waals surface area contributed by atoms with Gasteiger partial charge in [0, 0.05) is 45.1 Å². The van der Waals surface area contributed by atoms with E-state index >= 15 is 0 Å². The molecule has 0 radical (unpaired) electrons. The summed E-state index contributed by atoms with van der Waals surface area (Å²) in [6.07, 6.45) is 1.03. The zero-order valence-electron chi connectivity index (χ0n) is 19.1. The maximum Gasteiger partial charge on any atom is 0.319 e. The van der Waals surface area contributed by atoms with Gasteiger partial charge in [0.1, 0.15) is 0 Å². The van der Waals surface area contributed by atoms with Crippen LogP contribution in [0.2, 0.25) is 0 Å². The van der Waals surface area contributed by atoms with E-state index in [-0.39, 0.29) is 12.1 Å². The van der Waals surface area contributed by atoms with E-state index in [9.17, 15) is 4.79 Å². The number of carbonyl (C=O) groups excluding carboxylic acids is 1. The Bertz CT molecular complexity index is 1060. The summed E-state index contributed by atoms with van der Waals surface area (Å²) in [5, 5.41) is 6.06. The van der Waals surface area contributed by atoms with Gasteiger partial charge in [0.05, 0.1) is 6.04 Å². The predicted molar refractivity (Wildman–Crippen MR) is 132 cm³/mol. The molecule has 3 aromatic rings. The third-order valence-corrected chi connectivity index (χ3v) is 6.13. The van der Waals surface area contributed by atoms with Crippen molar-refractivity contribution in [3.05, 3.63) is 95.1 Å². The Hall–Kier alpha value is -3.31. The van der Waals surface area contributed by atoms with Crippen LogP contribution in [0.5, 0.6) is 0 Å². The van der Waals surface area contributed by atoms with Gasteiger partial charge >= 0.3 is 6.03 Å². The molecule has 0 saturated carbocycles. The molecule has 1 heterocycles. The quantitative estimate of drug-likeness (QED) is 0.582. The Morgan fingerprint density at radius 3 is 2.47 bits per heavy atom. The molecule has 2 N–H and O–H groups in total. The summed E-state index contributed by atoms with van der Waals surface area (Å²) in [6, 6.07) is 25.1. The third-order valence-electron chi connectivity index (χ3n) is 6.13. The number of carbonyl (C=O) groups is 1. The first kappa shape index (κ1) is 21.9. The smallest absolute Gasteiger partial charge is 0.319 e. The highest BCUT2D eigenvalue weighted by molar-refractivity contribution is 5.89. The number of fused-ring (bicyclic) bond motifs is 1. The van der Waals surface area contributed by atoms with Crippen molar-refractivity contribution in [3.63, 3.8) is 0 Å². The van der Waals surface area contributed by atoms with E-state index in [1.165, 1.54) is 22.4 Å². The third kappa shape index (κ3) is 5.29. The van der Waals surface area contributed by atoms with Crippen LogP contribution in [0.3, 0.4) is 0 Å². The minimum atomic E-state index is -0.178. The number of aryl methyl sites for hydroxylation is 1. The lowest BCUT2D eigenvalue weighted by Gasteiger charge is -2.36. The molecule has 0 aliphatic carbocycles. The van der Waals surface area contributed by atoms with Gasteiger partial charge in [0.25, 0.3) is 0 Å². The lowest BCUT2D eigenvalue weighted by Crippen LogP contribution is -2.41. The molecule has 5 heteroatoms. The van der Waals surface area contributed by atoms with Crippen molar-refractivity contribution in [3.8, 4) is 0 Å². The number of anilines is 2. The number of benzene rings is 3. The molecule has 1 aliphatic heterocycles. The average molecular weight is 429 g/mol. The lowest BCUT2D eigenvalue weighted by molar-refractivity contribution is 0.175. The lowest BCUT2D eigenvalue weighted by atomic mass is 9.96. The molecule has 1 aliphatic rings. The topological polar surface area (TPSA) is 47.6 Å². The van der Waals surface area contributed by atoms with Crippen molar-refractivity contribution in [1.29, 1.82) is 0 Å². The predicted octanol–water partition coefficient (Wildman–Crippen LogP) is 4.98. The molecule has 32 heavy (non-hydrogen) atoms. The molecular formula is C27H32N4O. The van der Waals surface area contributed by atoms with Gasteiger partial charge < -0.3 is 15.5 Å². The van der Waals surface area contributed by atoms with Crippen LogP contribution in [0.4, 0.5) is 16.2 Å². The van der Waals surface area contributed by atoms with Crippen LogP contribution >= 0.6 is 0 Å². The summed E-state index contributed by atoms with van der Waals surface area (Å²) in [5.74, 6) is 0. The monoisotopic (exact) mass is 428 g/mol. The molecule has 5 nitrogen and oxygen atoms in total. The van der Waals surface area contributed by atoms with Gasteiger partial charge in [0.2, 0.25) is 0 Å². The number of hydrogen-bond acceptors (Lipinski definition) is 3. The molecule has 0 aromatic heterocycles. The number of nitrogens with one attached hydrogen (secondary N) is 2. The number of rotatable bonds is 6. The molecule has 1 atom stereocenters. The molecule has 0 bridgehead atoms. The van der Waals surface area contributed by atoms with E-state index in [0.29, 0.717) is 6.54 Å². The zero-order valence-corrected chi connectivity index (χ0v) is 19.1. The van der Waals surface area contributed by atoms with Crippen molar-refractivity contribution >= 4 is 17.4 Å². The van der Waals surface area contributed by atoms with Gasteiger partial charge in [-0.2, -0.15) is 0 Å². The number of nitrogens with zero attached hydrogens (tertiary/aromatic N) is 2. The second-order valence-corrected chi connectivity index (χ2v) is 8.70. The molecule has 0 spiro atoms. The Morgan fingerprint density at radius 2 is 1.75 bits per heavy atom. The Balaban J connectivity index is 1.50. The van der Waals surface area contributed by atoms with Gasteiger partial charge in [-0.3, -0.25) is 4.90 Å². The van der Waals surface area contributed by atoms with E-state index in [0.717, 1.165) is 30.8 Å². The zero-order chi connectivity index (χ0) is 22.5. The summed E-state index contributed by atoms with van der Waals surface area (Å²) in [6.45, 7) is 4.42. The fourth-order valence-corrected chi connectivity index (χ4v) is 4.32. The van der Waals surface area contributed by atoms with Crippen LogP contribution in [-0.4, -0.2) is 38.1 Å². The van der Waals surface area contributed by atoms with Gasteiger partial charge in [0.15, 0.2) is 0 Å². The summed E-state index contributed by atoms with van der Waals surface area (Å²) >= 11 is 0. The van der Waals surface area contributed by atoms with Crippen LogP contribution in [-0.2, 0) is 13.0 Å². The first-order valence-corrected chi connectivity index (χ1v) is 11.2. The SMILES string of the molecule is Cc1cccc(NC(=O)NCC(c2ccc(N(C)C)cc2)N2CCc3ccccc3C2)c1. The number of amides is 2. The molecule has 4 rings (SSSR count). The summed E-state index contributed by atoms with van der Waals surface area (Å²) in [4.78, 5) is 17.2. The maximum atomic E-state index is 12.6. The van der Waals surface area contributed by atoms with Gasteiger partial charge in [-0.15, -0.1) is 0 Å². The molecular weight excluding hydrogens is 396 g/mol. The number of urea groups is 1. The molecule has 0 saturated heterocycles. The highest BCUT2D eigenvalue weighted by atomic mass is 16.2. The fraction of sp³-hybridized carbons (Fsp3) is 0.296. The van der Waals surface area contributed by atoms with E-state index in [2.05, 4.69) is 69.0 Å². The van der Waals surface area contributed by atoms with Gasteiger partial charge in [-0.05, 0) is 59.9 Å². The van der Waals surface area contributed by atoms with E-state index < -0.39 is 0 Å². The van der Waals surface area contributed by atoms with E-state index in [1.54, 1.807) is 0 Å². The summed E-state index contributed by atoms with van der Waals surface area (Å²) < 4.78 is 0. The highest BCUT2D eigenvalue weighted by Gasteiger charge is 2.25. The van der Waals surface area contributed by atoms with Gasteiger partial charge in [-0.1, -0.05) is 48.5 Å². The second kappa shape index (κ2) is 9.88. The molecule has 2 amide bonds. The van der Waals surface area contributed by atoms with Crippen molar-refractivity contribution in [2.24, 2.45) is 0 Å². The van der Waals surface area contributed by atoms with E-state index in [4.69, 9.17) is 0 Å². The Morgan fingerprint density at radius 1 is 1.00 bits per heavy atom. The van der Waals surface area contributed by atoms with Crippen molar-refractivity contribution in [2.75, 3.05) is 37.4 Å². The molecule has 1 unspecified atom stereocenters. The van der Waals surface area contributed by atoms with E-state index in [1.807, 2.05) is 45.3 Å². The standard InChI is InChI=1S/C27H32N4O/c1-20-7-6-10-24(17-20)29-27(32)28-18-26(22-11-13-25(14-12-22)30(2)3)31-16-15-21-8-4-5-9-23(21)19-31/h4-14,17,26H,15-16,18-19H2,1-3H3,(H2,28,29,32). The van der Waals surface area contributed by atoms with Crippen LogP contribution in [0, 0.1) is 6.92 Å². The van der Waals surface area contributed by atoms with Crippen molar-refractivity contribution in [2.45, 2.75) is 25.9 Å².